The first-order valence-corrected chi connectivity index (χ1v) is 7.85. The molecular weight excluding hydrogens is 264 g/mol. The summed E-state index contributed by atoms with van der Waals surface area (Å²) in [5.41, 5.74) is 7.90. The van der Waals surface area contributed by atoms with Crippen molar-refractivity contribution < 1.29 is 9.53 Å². The second-order valence-electron chi connectivity index (χ2n) is 6.10. The van der Waals surface area contributed by atoms with E-state index >= 15 is 0 Å². The van der Waals surface area contributed by atoms with Gasteiger partial charge in [-0.05, 0) is 50.2 Å². The van der Waals surface area contributed by atoms with Crippen LogP contribution in [0.5, 0.6) is 0 Å². The SMILES string of the molecule is CCOC(=O)c1cccc(NC2CCC(C)C(C)C2)c1N. The Bertz CT molecular complexity index is 502. The molecule has 1 aliphatic carbocycles. The number of ether oxygens (including phenoxy) is 1. The lowest BCUT2D eigenvalue weighted by Gasteiger charge is -2.33. The molecule has 0 radical (unpaired) electrons. The maximum absolute atomic E-state index is 11.9. The van der Waals surface area contributed by atoms with E-state index in [9.17, 15) is 4.79 Å². The molecule has 116 valence electrons. The van der Waals surface area contributed by atoms with Crippen LogP contribution < -0.4 is 11.1 Å². The zero-order chi connectivity index (χ0) is 15.4. The number of nitrogens with one attached hydrogen (secondary N) is 1. The van der Waals surface area contributed by atoms with Crippen molar-refractivity contribution in [1.29, 1.82) is 0 Å². The number of rotatable bonds is 4. The molecule has 0 saturated heterocycles. The van der Waals surface area contributed by atoms with Crippen LogP contribution in [0.1, 0.15) is 50.4 Å². The maximum Gasteiger partial charge on any atom is 0.340 e. The Morgan fingerprint density at radius 1 is 1.33 bits per heavy atom. The average molecular weight is 290 g/mol. The standard InChI is InChI=1S/C17H26N2O2/c1-4-21-17(20)14-6-5-7-15(16(14)18)19-13-9-8-11(2)12(3)10-13/h5-7,11-13,19H,4,8-10,18H2,1-3H3. The van der Waals surface area contributed by atoms with E-state index in [-0.39, 0.29) is 5.97 Å². The van der Waals surface area contributed by atoms with Crippen LogP contribution in [0.2, 0.25) is 0 Å². The minimum Gasteiger partial charge on any atom is -0.462 e. The predicted molar refractivity (Wildman–Crippen MR) is 86.4 cm³/mol. The molecule has 4 nitrogen and oxygen atoms in total. The number of para-hydroxylation sites is 1. The van der Waals surface area contributed by atoms with Crippen molar-refractivity contribution in [1.82, 2.24) is 0 Å². The lowest BCUT2D eigenvalue weighted by Crippen LogP contribution is -2.30. The first-order chi connectivity index (χ1) is 10.0. The molecule has 1 aromatic rings. The van der Waals surface area contributed by atoms with E-state index < -0.39 is 0 Å². The molecule has 1 aliphatic rings. The molecule has 4 heteroatoms. The molecule has 2 rings (SSSR count). The Balaban J connectivity index is 2.10. The van der Waals surface area contributed by atoms with Gasteiger partial charge < -0.3 is 15.8 Å². The van der Waals surface area contributed by atoms with Crippen molar-refractivity contribution in [3.8, 4) is 0 Å². The molecule has 3 N–H and O–H groups in total. The van der Waals surface area contributed by atoms with Crippen LogP contribution in [0, 0.1) is 11.8 Å². The van der Waals surface area contributed by atoms with Crippen molar-refractivity contribution in [3.05, 3.63) is 23.8 Å². The number of hydrogen-bond donors (Lipinski definition) is 2. The minimum absolute atomic E-state index is 0.355. The minimum atomic E-state index is -0.357. The smallest absolute Gasteiger partial charge is 0.340 e. The summed E-state index contributed by atoms with van der Waals surface area (Å²) < 4.78 is 5.04. The van der Waals surface area contributed by atoms with Gasteiger partial charge in [0.2, 0.25) is 0 Å². The van der Waals surface area contributed by atoms with Gasteiger partial charge in [0, 0.05) is 6.04 Å². The first kappa shape index (κ1) is 15.7. The number of anilines is 2. The molecule has 3 unspecified atom stereocenters. The van der Waals surface area contributed by atoms with Crippen molar-refractivity contribution in [2.45, 2.75) is 46.1 Å². The van der Waals surface area contributed by atoms with E-state index in [2.05, 4.69) is 19.2 Å². The summed E-state index contributed by atoms with van der Waals surface area (Å²) in [6, 6.07) is 5.92. The number of carbonyl (C=O) groups is 1. The third-order valence-electron chi connectivity index (χ3n) is 4.56. The Morgan fingerprint density at radius 3 is 2.76 bits per heavy atom. The van der Waals surface area contributed by atoms with Crippen molar-refractivity contribution in [3.63, 3.8) is 0 Å². The van der Waals surface area contributed by atoms with Gasteiger partial charge in [0.1, 0.15) is 0 Å². The van der Waals surface area contributed by atoms with Gasteiger partial charge >= 0.3 is 5.97 Å². The summed E-state index contributed by atoms with van der Waals surface area (Å²) in [6.45, 7) is 6.77. The Labute approximate surface area is 127 Å². The number of hydrogen-bond acceptors (Lipinski definition) is 4. The summed E-state index contributed by atoms with van der Waals surface area (Å²) in [6.07, 6.45) is 3.52. The van der Waals surface area contributed by atoms with Gasteiger partial charge in [0.05, 0.1) is 23.5 Å². The predicted octanol–water partition coefficient (Wildman–Crippen LogP) is 3.68. The molecule has 21 heavy (non-hydrogen) atoms. The van der Waals surface area contributed by atoms with E-state index in [1.807, 2.05) is 12.1 Å². The second kappa shape index (κ2) is 6.83. The lowest BCUT2D eigenvalue weighted by atomic mass is 9.79. The Morgan fingerprint density at radius 2 is 2.10 bits per heavy atom. The molecule has 0 aliphatic heterocycles. The van der Waals surface area contributed by atoms with Crippen LogP contribution in [0.15, 0.2) is 18.2 Å². The third-order valence-corrected chi connectivity index (χ3v) is 4.56. The zero-order valence-electron chi connectivity index (χ0n) is 13.2. The highest BCUT2D eigenvalue weighted by Gasteiger charge is 2.25. The van der Waals surface area contributed by atoms with Gasteiger partial charge in [0.25, 0.3) is 0 Å². The molecule has 3 atom stereocenters. The normalized spacial score (nSPS) is 25.4. The van der Waals surface area contributed by atoms with E-state index in [0.29, 0.717) is 29.8 Å². The van der Waals surface area contributed by atoms with Crippen molar-refractivity contribution >= 4 is 17.3 Å². The number of carbonyl (C=O) groups excluding carboxylic acids is 1. The molecule has 1 fully saturated rings. The summed E-state index contributed by atoms with van der Waals surface area (Å²) >= 11 is 0. The highest BCUT2D eigenvalue weighted by atomic mass is 16.5. The second-order valence-corrected chi connectivity index (χ2v) is 6.10. The number of nitrogen functional groups attached to an aromatic ring is 1. The van der Waals surface area contributed by atoms with E-state index in [0.717, 1.165) is 24.4 Å². The fourth-order valence-corrected chi connectivity index (χ4v) is 2.98. The molecular formula is C17H26N2O2. The molecule has 0 aromatic heterocycles. The largest absolute Gasteiger partial charge is 0.462 e. The Hall–Kier alpha value is -1.71. The fraction of sp³-hybridized carbons (Fsp3) is 0.588. The highest BCUT2D eigenvalue weighted by molar-refractivity contribution is 5.98. The molecule has 0 spiro atoms. The first-order valence-electron chi connectivity index (χ1n) is 7.85. The molecule has 1 aromatic carbocycles. The van der Waals surface area contributed by atoms with Crippen molar-refractivity contribution in [2.75, 3.05) is 17.7 Å². The zero-order valence-corrected chi connectivity index (χ0v) is 13.2. The number of benzene rings is 1. The van der Waals surface area contributed by atoms with E-state index in [1.165, 1.54) is 6.42 Å². The lowest BCUT2D eigenvalue weighted by molar-refractivity contribution is 0.0527. The van der Waals surface area contributed by atoms with Gasteiger partial charge in [-0.2, -0.15) is 0 Å². The average Bonchev–Trinajstić information content (AvgIpc) is 2.45. The van der Waals surface area contributed by atoms with Crippen LogP contribution in [-0.4, -0.2) is 18.6 Å². The van der Waals surface area contributed by atoms with Gasteiger partial charge in [0.15, 0.2) is 0 Å². The molecule has 0 heterocycles. The fourth-order valence-electron chi connectivity index (χ4n) is 2.98. The monoisotopic (exact) mass is 290 g/mol. The quantitative estimate of drug-likeness (QED) is 0.656. The van der Waals surface area contributed by atoms with Crippen LogP contribution in [0.4, 0.5) is 11.4 Å². The van der Waals surface area contributed by atoms with E-state index in [4.69, 9.17) is 10.5 Å². The third kappa shape index (κ3) is 3.69. The van der Waals surface area contributed by atoms with Gasteiger partial charge in [-0.15, -0.1) is 0 Å². The van der Waals surface area contributed by atoms with Crippen LogP contribution >= 0.6 is 0 Å². The van der Waals surface area contributed by atoms with Crippen molar-refractivity contribution in [2.24, 2.45) is 11.8 Å². The van der Waals surface area contributed by atoms with Crippen LogP contribution in [-0.2, 0) is 4.74 Å². The topological polar surface area (TPSA) is 64.3 Å². The molecule has 0 amide bonds. The molecule has 0 bridgehead atoms. The number of nitrogens with two attached hydrogens (primary N) is 1. The van der Waals surface area contributed by atoms with E-state index in [1.54, 1.807) is 13.0 Å². The van der Waals surface area contributed by atoms with Gasteiger partial charge in [-0.25, -0.2) is 4.79 Å². The van der Waals surface area contributed by atoms with Gasteiger partial charge in [-0.1, -0.05) is 19.9 Å². The highest BCUT2D eigenvalue weighted by Crippen LogP contribution is 2.33. The van der Waals surface area contributed by atoms with Crippen LogP contribution in [0.25, 0.3) is 0 Å². The summed E-state index contributed by atoms with van der Waals surface area (Å²) in [7, 11) is 0. The summed E-state index contributed by atoms with van der Waals surface area (Å²) in [4.78, 5) is 11.9. The van der Waals surface area contributed by atoms with Gasteiger partial charge in [-0.3, -0.25) is 0 Å². The Kier molecular flexibility index (Phi) is 5.10. The number of esters is 1. The summed E-state index contributed by atoms with van der Waals surface area (Å²) in [5, 5.41) is 3.50. The van der Waals surface area contributed by atoms with Crippen LogP contribution in [0.3, 0.4) is 0 Å². The molecule has 1 saturated carbocycles. The summed E-state index contributed by atoms with van der Waals surface area (Å²) in [5.74, 6) is 1.14. The maximum atomic E-state index is 11.9.